The van der Waals surface area contributed by atoms with Gasteiger partial charge in [0.2, 0.25) is 0 Å². The lowest BCUT2D eigenvalue weighted by atomic mass is 10.1. The van der Waals surface area contributed by atoms with E-state index < -0.39 is 0 Å². The number of aromatic nitrogens is 2. The lowest BCUT2D eigenvalue weighted by Gasteiger charge is -2.28. The third-order valence-electron chi connectivity index (χ3n) is 5.08. The first-order valence-electron chi connectivity index (χ1n) is 9.71. The molecule has 7 nitrogen and oxygen atoms in total. The fourth-order valence-electron chi connectivity index (χ4n) is 3.50. The summed E-state index contributed by atoms with van der Waals surface area (Å²) >= 11 is 0. The predicted octanol–water partition coefficient (Wildman–Crippen LogP) is 3.26. The van der Waals surface area contributed by atoms with E-state index >= 15 is 0 Å². The van der Waals surface area contributed by atoms with E-state index in [-0.39, 0.29) is 17.2 Å². The lowest BCUT2D eigenvalue weighted by Crippen LogP contribution is -2.29. The van der Waals surface area contributed by atoms with Gasteiger partial charge in [-0.15, -0.1) is 0 Å². The highest BCUT2D eigenvalue weighted by Gasteiger charge is 2.13. The summed E-state index contributed by atoms with van der Waals surface area (Å²) in [4.78, 5) is 34.0. The van der Waals surface area contributed by atoms with Crippen LogP contribution in [0.3, 0.4) is 0 Å². The predicted molar refractivity (Wildman–Crippen MR) is 115 cm³/mol. The number of pyridine rings is 2. The van der Waals surface area contributed by atoms with Gasteiger partial charge in [-0.2, -0.15) is 0 Å². The number of hydrogen-bond acceptors (Lipinski definition) is 5. The van der Waals surface area contributed by atoms with Crippen LogP contribution in [0.2, 0.25) is 0 Å². The van der Waals surface area contributed by atoms with Crippen LogP contribution < -0.4 is 21.5 Å². The number of nitrogens with one attached hydrogen (secondary N) is 2. The molecule has 3 heterocycles. The van der Waals surface area contributed by atoms with Crippen molar-refractivity contribution in [2.24, 2.45) is 0 Å². The SMILES string of the molecule is Nc1ccnc(-c2c[nH]c(=O)c(NC(=O)c3ccc(N4CCCCC4)cc3)c2)c1. The van der Waals surface area contributed by atoms with Crippen molar-refractivity contribution in [3.63, 3.8) is 0 Å². The number of rotatable bonds is 4. The van der Waals surface area contributed by atoms with Crippen molar-refractivity contribution in [3.05, 3.63) is 70.8 Å². The number of hydrogen-bond donors (Lipinski definition) is 3. The Morgan fingerprint density at radius 3 is 2.55 bits per heavy atom. The molecule has 1 saturated heterocycles. The Morgan fingerprint density at radius 1 is 1.07 bits per heavy atom. The largest absolute Gasteiger partial charge is 0.399 e. The summed E-state index contributed by atoms with van der Waals surface area (Å²) < 4.78 is 0. The van der Waals surface area contributed by atoms with Gasteiger partial charge in [0.1, 0.15) is 5.69 Å². The molecular formula is C22H23N5O2. The Kier molecular flexibility index (Phi) is 5.29. The van der Waals surface area contributed by atoms with Crippen LogP contribution in [0.1, 0.15) is 29.6 Å². The van der Waals surface area contributed by atoms with Crippen LogP contribution in [0, 0.1) is 0 Å². The average Bonchev–Trinajstić information content (AvgIpc) is 2.76. The second kappa shape index (κ2) is 8.18. The zero-order valence-electron chi connectivity index (χ0n) is 16.0. The van der Waals surface area contributed by atoms with Crippen LogP contribution >= 0.6 is 0 Å². The number of nitrogens with zero attached hydrogens (tertiary/aromatic N) is 2. The smallest absolute Gasteiger partial charge is 0.271 e. The number of nitrogens with two attached hydrogens (primary N) is 1. The number of nitrogen functional groups attached to an aromatic ring is 1. The fourth-order valence-corrected chi connectivity index (χ4v) is 3.50. The highest BCUT2D eigenvalue weighted by Crippen LogP contribution is 2.22. The maximum Gasteiger partial charge on any atom is 0.271 e. The van der Waals surface area contributed by atoms with E-state index in [1.54, 1.807) is 42.7 Å². The number of amides is 1. The first-order valence-corrected chi connectivity index (χ1v) is 9.71. The second-order valence-electron chi connectivity index (χ2n) is 7.15. The Hall–Kier alpha value is -3.61. The molecule has 0 atom stereocenters. The number of aromatic amines is 1. The van der Waals surface area contributed by atoms with Crippen molar-refractivity contribution in [3.8, 4) is 11.3 Å². The summed E-state index contributed by atoms with van der Waals surface area (Å²) in [5, 5.41) is 2.69. The molecule has 0 saturated carbocycles. The van der Waals surface area contributed by atoms with Gasteiger partial charge in [-0.05, 0) is 61.7 Å². The van der Waals surface area contributed by atoms with Gasteiger partial charge >= 0.3 is 0 Å². The van der Waals surface area contributed by atoms with E-state index in [9.17, 15) is 9.59 Å². The maximum atomic E-state index is 12.6. The zero-order chi connectivity index (χ0) is 20.2. The minimum absolute atomic E-state index is 0.164. The van der Waals surface area contributed by atoms with Crippen molar-refractivity contribution < 1.29 is 4.79 Å². The van der Waals surface area contributed by atoms with Crippen LogP contribution in [0.15, 0.2) is 59.7 Å². The molecule has 148 valence electrons. The van der Waals surface area contributed by atoms with E-state index in [4.69, 9.17) is 5.73 Å². The molecule has 0 spiro atoms. The number of carbonyl (C=O) groups is 1. The summed E-state index contributed by atoms with van der Waals surface area (Å²) in [5.74, 6) is -0.335. The van der Waals surface area contributed by atoms with E-state index in [1.807, 2.05) is 12.1 Å². The summed E-state index contributed by atoms with van der Waals surface area (Å²) in [6.45, 7) is 2.09. The molecule has 1 aliphatic heterocycles. The minimum atomic E-state index is -0.379. The van der Waals surface area contributed by atoms with Gasteiger partial charge < -0.3 is 20.9 Å². The first kappa shape index (κ1) is 18.7. The number of benzene rings is 1. The Bertz CT molecular complexity index is 1070. The topological polar surface area (TPSA) is 104 Å². The molecule has 1 fully saturated rings. The molecule has 0 aliphatic carbocycles. The van der Waals surface area contributed by atoms with Gasteiger partial charge in [-0.1, -0.05) is 0 Å². The van der Waals surface area contributed by atoms with Crippen LogP contribution in [0.5, 0.6) is 0 Å². The summed E-state index contributed by atoms with van der Waals surface area (Å²) in [5.41, 5.74) is 9.05. The zero-order valence-corrected chi connectivity index (χ0v) is 16.0. The molecule has 1 aromatic carbocycles. The number of anilines is 3. The second-order valence-corrected chi connectivity index (χ2v) is 7.15. The molecule has 0 unspecified atom stereocenters. The van der Waals surface area contributed by atoms with Crippen molar-refractivity contribution in [2.45, 2.75) is 19.3 Å². The molecule has 2 aromatic heterocycles. The molecule has 3 aromatic rings. The molecule has 0 radical (unpaired) electrons. The van der Waals surface area contributed by atoms with E-state index in [1.165, 1.54) is 19.3 Å². The van der Waals surface area contributed by atoms with Gasteiger partial charge in [0.15, 0.2) is 0 Å². The lowest BCUT2D eigenvalue weighted by molar-refractivity contribution is 0.102. The molecule has 1 amide bonds. The quantitative estimate of drug-likeness (QED) is 0.635. The third-order valence-corrected chi connectivity index (χ3v) is 5.08. The van der Waals surface area contributed by atoms with E-state index in [2.05, 4.69) is 20.2 Å². The molecule has 7 heteroatoms. The Morgan fingerprint density at radius 2 is 1.83 bits per heavy atom. The highest BCUT2D eigenvalue weighted by molar-refractivity contribution is 6.04. The highest BCUT2D eigenvalue weighted by atomic mass is 16.2. The fraction of sp³-hybridized carbons (Fsp3) is 0.227. The minimum Gasteiger partial charge on any atom is -0.399 e. The maximum absolute atomic E-state index is 12.6. The van der Waals surface area contributed by atoms with Crippen LogP contribution in [-0.2, 0) is 0 Å². The van der Waals surface area contributed by atoms with Crippen LogP contribution in [-0.4, -0.2) is 29.0 Å². The van der Waals surface area contributed by atoms with Crippen molar-refractivity contribution in [1.82, 2.24) is 9.97 Å². The third kappa shape index (κ3) is 4.29. The Labute approximate surface area is 168 Å². The first-order chi connectivity index (χ1) is 14.1. The number of carbonyl (C=O) groups excluding carboxylic acids is 1. The summed E-state index contributed by atoms with van der Waals surface area (Å²) in [6, 6.07) is 12.5. The molecular weight excluding hydrogens is 366 g/mol. The monoisotopic (exact) mass is 389 g/mol. The normalized spacial score (nSPS) is 13.9. The standard InChI is InChI=1S/C22H23N5O2/c23-17-8-9-24-19(13-17)16-12-20(22(29)25-14-16)26-21(28)15-4-6-18(7-5-15)27-10-2-1-3-11-27/h4-9,12-14H,1-3,10-11H2,(H2,23,24)(H,25,29)(H,26,28). The van der Waals surface area contributed by atoms with Crippen molar-refractivity contribution in [1.29, 1.82) is 0 Å². The molecule has 0 bridgehead atoms. The van der Waals surface area contributed by atoms with Gasteiger partial charge in [0, 0.05) is 48.0 Å². The Balaban J connectivity index is 1.52. The average molecular weight is 389 g/mol. The van der Waals surface area contributed by atoms with Crippen LogP contribution in [0.25, 0.3) is 11.3 Å². The van der Waals surface area contributed by atoms with Gasteiger partial charge in [-0.25, -0.2) is 0 Å². The van der Waals surface area contributed by atoms with Crippen molar-refractivity contribution >= 4 is 23.0 Å². The molecule has 29 heavy (non-hydrogen) atoms. The molecule has 4 rings (SSSR count). The van der Waals surface area contributed by atoms with E-state index in [0.29, 0.717) is 22.5 Å². The molecule has 4 N–H and O–H groups in total. The summed E-state index contributed by atoms with van der Waals surface area (Å²) in [7, 11) is 0. The van der Waals surface area contributed by atoms with E-state index in [0.717, 1.165) is 18.8 Å². The van der Waals surface area contributed by atoms with Gasteiger partial charge in [0.25, 0.3) is 11.5 Å². The number of H-pyrrole nitrogens is 1. The van der Waals surface area contributed by atoms with Gasteiger partial charge in [0.05, 0.1) is 5.69 Å². The molecule has 1 aliphatic rings. The number of piperidine rings is 1. The van der Waals surface area contributed by atoms with Crippen LogP contribution in [0.4, 0.5) is 17.1 Å². The summed E-state index contributed by atoms with van der Waals surface area (Å²) in [6.07, 6.45) is 6.81. The van der Waals surface area contributed by atoms with Crippen molar-refractivity contribution in [2.75, 3.05) is 29.0 Å². The van der Waals surface area contributed by atoms with Gasteiger partial charge in [-0.3, -0.25) is 14.6 Å².